The molecule has 0 aromatic carbocycles. The van der Waals surface area contributed by atoms with Gasteiger partial charge in [-0.25, -0.2) is 14.8 Å². The molecule has 0 unspecified atom stereocenters. The Morgan fingerprint density at radius 2 is 2.08 bits per heavy atom. The van der Waals surface area contributed by atoms with Crippen molar-refractivity contribution in [3.63, 3.8) is 0 Å². The number of rotatable bonds is 5. The molecule has 2 heterocycles. The number of aromatic amines is 1. The van der Waals surface area contributed by atoms with E-state index in [4.69, 9.17) is 5.73 Å². The molecule has 2 aromatic rings. The van der Waals surface area contributed by atoms with Crippen LogP contribution in [0, 0.1) is 13.8 Å². The normalized spacial score (nSPS) is 13.9. The summed E-state index contributed by atoms with van der Waals surface area (Å²) >= 11 is 1.21. The molecule has 0 aliphatic heterocycles. The molecular formula is C15H17N5O3S. The number of carbonyl (C=O) groups is 1. The average Bonchev–Trinajstić information content (AvgIpc) is 3.28. The second-order valence-corrected chi connectivity index (χ2v) is 6.72. The van der Waals surface area contributed by atoms with Crippen LogP contribution in [0.3, 0.4) is 0 Å². The van der Waals surface area contributed by atoms with Crippen molar-refractivity contribution >= 4 is 23.4 Å². The van der Waals surface area contributed by atoms with Crippen LogP contribution in [-0.4, -0.2) is 31.1 Å². The quantitative estimate of drug-likeness (QED) is 0.466. The smallest absolute Gasteiger partial charge is 0.330 e. The SMILES string of the molecule is Cc1cc(SCC(=O)c2c(N)n(C3CC3)c(=O)[nH]c2=O)nc(C)n1. The number of nitrogen functional groups attached to an aromatic ring is 1. The molecule has 1 aliphatic carbocycles. The van der Waals surface area contributed by atoms with Crippen LogP contribution in [0.5, 0.6) is 0 Å². The average molecular weight is 347 g/mol. The van der Waals surface area contributed by atoms with Crippen molar-refractivity contribution in [2.24, 2.45) is 0 Å². The third-order valence-electron chi connectivity index (χ3n) is 3.67. The van der Waals surface area contributed by atoms with E-state index in [0.29, 0.717) is 10.9 Å². The number of aryl methyl sites for hydroxylation is 2. The van der Waals surface area contributed by atoms with Crippen molar-refractivity contribution in [1.82, 2.24) is 19.5 Å². The number of nitrogens with two attached hydrogens (primary N) is 1. The predicted octanol–water partition coefficient (Wildman–Crippen LogP) is 0.836. The lowest BCUT2D eigenvalue weighted by Gasteiger charge is -2.11. The van der Waals surface area contributed by atoms with Crippen molar-refractivity contribution in [2.45, 2.75) is 37.8 Å². The molecule has 8 nitrogen and oxygen atoms in total. The van der Waals surface area contributed by atoms with E-state index >= 15 is 0 Å². The van der Waals surface area contributed by atoms with E-state index in [9.17, 15) is 14.4 Å². The standard InChI is InChI=1S/C15H17N5O3S/c1-7-5-11(18-8(2)17-7)24-6-10(21)12-13(16)20(9-3-4-9)15(23)19-14(12)22/h5,9H,3-4,6,16H2,1-2H3,(H,19,22,23). The van der Waals surface area contributed by atoms with Crippen LogP contribution in [0.15, 0.2) is 20.7 Å². The summed E-state index contributed by atoms with van der Waals surface area (Å²) in [5.41, 5.74) is 5.27. The molecule has 1 fully saturated rings. The second kappa shape index (κ2) is 6.23. The molecule has 24 heavy (non-hydrogen) atoms. The van der Waals surface area contributed by atoms with E-state index < -0.39 is 17.0 Å². The number of anilines is 1. The summed E-state index contributed by atoms with van der Waals surface area (Å²) < 4.78 is 1.30. The van der Waals surface area contributed by atoms with Gasteiger partial charge in [-0.05, 0) is 32.8 Å². The summed E-state index contributed by atoms with van der Waals surface area (Å²) in [4.78, 5) is 46.9. The zero-order valence-corrected chi connectivity index (χ0v) is 14.1. The second-order valence-electron chi connectivity index (χ2n) is 5.73. The molecule has 0 bridgehead atoms. The number of hydrogen-bond donors (Lipinski definition) is 2. The molecular weight excluding hydrogens is 330 g/mol. The Balaban J connectivity index is 1.86. The van der Waals surface area contributed by atoms with E-state index in [1.54, 1.807) is 13.0 Å². The summed E-state index contributed by atoms with van der Waals surface area (Å²) in [6.45, 7) is 3.61. The molecule has 2 aromatic heterocycles. The monoisotopic (exact) mass is 347 g/mol. The lowest BCUT2D eigenvalue weighted by Crippen LogP contribution is -2.36. The first-order valence-electron chi connectivity index (χ1n) is 7.49. The lowest BCUT2D eigenvalue weighted by molar-refractivity contribution is 0.102. The van der Waals surface area contributed by atoms with Gasteiger partial charge in [0.25, 0.3) is 5.56 Å². The maximum atomic E-state index is 12.5. The number of hydrogen-bond acceptors (Lipinski definition) is 7. The maximum absolute atomic E-state index is 12.5. The van der Waals surface area contributed by atoms with Crippen molar-refractivity contribution in [3.05, 3.63) is 44.0 Å². The fraction of sp³-hybridized carbons (Fsp3) is 0.400. The van der Waals surface area contributed by atoms with Crippen LogP contribution in [0.2, 0.25) is 0 Å². The molecule has 1 saturated carbocycles. The lowest BCUT2D eigenvalue weighted by atomic mass is 10.2. The molecule has 3 rings (SSSR count). The van der Waals surface area contributed by atoms with Gasteiger partial charge in [-0.15, -0.1) is 0 Å². The van der Waals surface area contributed by atoms with E-state index in [2.05, 4.69) is 15.0 Å². The fourth-order valence-corrected chi connectivity index (χ4v) is 3.37. The first-order chi connectivity index (χ1) is 11.4. The third-order valence-corrected chi connectivity index (χ3v) is 4.58. The van der Waals surface area contributed by atoms with Crippen molar-refractivity contribution in [1.29, 1.82) is 0 Å². The largest absolute Gasteiger partial charge is 0.384 e. The molecule has 0 spiro atoms. The number of aromatic nitrogens is 4. The Morgan fingerprint density at radius 3 is 2.71 bits per heavy atom. The first kappa shape index (κ1) is 16.4. The molecule has 3 N–H and O–H groups in total. The highest BCUT2D eigenvalue weighted by Gasteiger charge is 2.29. The fourth-order valence-electron chi connectivity index (χ4n) is 2.50. The predicted molar refractivity (Wildman–Crippen MR) is 90.6 cm³/mol. The summed E-state index contributed by atoms with van der Waals surface area (Å²) in [6.07, 6.45) is 1.63. The Labute approximate surface area is 141 Å². The molecule has 0 saturated heterocycles. The van der Waals surface area contributed by atoms with Crippen molar-refractivity contribution < 1.29 is 4.79 Å². The summed E-state index contributed by atoms with van der Waals surface area (Å²) in [5.74, 6) is 0.144. The van der Waals surface area contributed by atoms with Gasteiger partial charge in [0, 0.05) is 11.7 Å². The van der Waals surface area contributed by atoms with E-state index in [-0.39, 0.29) is 23.2 Å². The molecule has 0 atom stereocenters. The van der Waals surface area contributed by atoms with Gasteiger partial charge in [-0.1, -0.05) is 11.8 Å². The van der Waals surface area contributed by atoms with Gasteiger partial charge in [-0.2, -0.15) is 0 Å². The first-order valence-corrected chi connectivity index (χ1v) is 8.48. The van der Waals surface area contributed by atoms with Gasteiger partial charge in [0.15, 0.2) is 5.78 Å². The zero-order valence-electron chi connectivity index (χ0n) is 13.3. The van der Waals surface area contributed by atoms with Crippen LogP contribution in [0.1, 0.15) is 40.8 Å². The van der Waals surface area contributed by atoms with Gasteiger partial charge in [0.2, 0.25) is 0 Å². The zero-order chi connectivity index (χ0) is 17.4. The van der Waals surface area contributed by atoms with E-state index in [1.165, 1.54) is 16.3 Å². The molecule has 1 aliphatic rings. The Hall–Kier alpha value is -2.42. The highest BCUT2D eigenvalue weighted by atomic mass is 32.2. The molecule has 9 heteroatoms. The summed E-state index contributed by atoms with van der Waals surface area (Å²) in [6, 6.07) is 1.74. The van der Waals surface area contributed by atoms with Gasteiger partial charge in [0.05, 0.1) is 5.75 Å². The Kier molecular flexibility index (Phi) is 4.27. The highest BCUT2D eigenvalue weighted by Crippen LogP contribution is 2.35. The van der Waals surface area contributed by atoms with Crippen LogP contribution in [-0.2, 0) is 0 Å². The number of ketones is 1. The molecule has 0 amide bonds. The Morgan fingerprint density at radius 1 is 1.38 bits per heavy atom. The highest BCUT2D eigenvalue weighted by molar-refractivity contribution is 7.99. The topological polar surface area (TPSA) is 124 Å². The van der Waals surface area contributed by atoms with Gasteiger partial charge < -0.3 is 5.73 Å². The minimum atomic E-state index is -0.741. The number of nitrogens with one attached hydrogen (secondary N) is 1. The van der Waals surface area contributed by atoms with Crippen molar-refractivity contribution in [3.8, 4) is 0 Å². The number of nitrogens with zero attached hydrogens (tertiary/aromatic N) is 3. The van der Waals surface area contributed by atoms with E-state index in [1.807, 2.05) is 6.92 Å². The van der Waals surface area contributed by atoms with Gasteiger partial charge in [0.1, 0.15) is 22.2 Å². The number of thioether (sulfide) groups is 1. The minimum Gasteiger partial charge on any atom is -0.384 e. The Bertz CT molecular complexity index is 909. The number of Topliss-reactive ketones (excluding diaryl/α,β-unsaturated/α-hetero) is 1. The van der Waals surface area contributed by atoms with Crippen molar-refractivity contribution in [2.75, 3.05) is 11.5 Å². The summed E-state index contributed by atoms with van der Waals surface area (Å²) in [5, 5.41) is 0.652. The summed E-state index contributed by atoms with van der Waals surface area (Å²) in [7, 11) is 0. The molecule has 0 radical (unpaired) electrons. The van der Waals surface area contributed by atoms with Crippen LogP contribution >= 0.6 is 11.8 Å². The van der Waals surface area contributed by atoms with Gasteiger partial charge >= 0.3 is 5.69 Å². The maximum Gasteiger partial charge on any atom is 0.330 e. The van der Waals surface area contributed by atoms with Crippen LogP contribution < -0.4 is 17.0 Å². The van der Waals surface area contributed by atoms with E-state index in [0.717, 1.165) is 18.5 Å². The number of carbonyl (C=O) groups excluding carboxylic acids is 1. The minimum absolute atomic E-state index is 0.00600. The van der Waals surface area contributed by atoms with Crippen LogP contribution in [0.25, 0.3) is 0 Å². The van der Waals surface area contributed by atoms with Crippen LogP contribution in [0.4, 0.5) is 5.82 Å². The molecule has 126 valence electrons. The van der Waals surface area contributed by atoms with Gasteiger partial charge in [-0.3, -0.25) is 19.1 Å². The number of H-pyrrole nitrogens is 1. The third kappa shape index (κ3) is 3.25.